The Labute approximate surface area is 228 Å². The highest BCUT2D eigenvalue weighted by molar-refractivity contribution is 7.92. The molecule has 0 unspecified atom stereocenters. The van der Waals surface area contributed by atoms with Gasteiger partial charge in [-0.05, 0) is 80.8 Å². The Hall–Kier alpha value is -2.87. The summed E-state index contributed by atoms with van der Waals surface area (Å²) in [6, 6.07) is 13.1. The second-order valence-electron chi connectivity index (χ2n) is 10.6. The lowest BCUT2D eigenvalue weighted by molar-refractivity contribution is -0.141. The number of hydrogen-bond acceptors (Lipinski definition) is 4. The first-order chi connectivity index (χ1) is 18.0. The van der Waals surface area contributed by atoms with Crippen LogP contribution in [-0.4, -0.2) is 50.0 Å². The molecule has 208 valence electrons. The van der Waals surface area contributed by atoms with Gasteiger partial charge in [-0.25, -0.2) is 8.42 Å². The molecule has 1 atom stereocenters. The molecule has 1 aliphatic rings. The molecule has 1 N–H and O–H groups in total. The van der Waals surface area contributed by atoms with E-state index in [9.17, 15) is 18.0 Å². The Morgan fingerprint density at radius 3 is 2.29 bits per heavy atom. The Kier molecular flexibility index (Phi) is 10.4. The van der Waals surface area contributed by atoms with Crippen molar-refractivity contribution >= 4 is 27.5 Å². The molecule has 0 bridgehead atoms. The highest BCUT2D eigenvalue weighted by Gasteiger charge is 2.31. The van der Waals surface area contributed by atoms with Crippen LogP contribution in [0.3, 0.4) is 0 Å². The molecule has 0 heterocycles. The highest BCUT2D eigenvalue weighted by Crippen LogP contribution is 2.23. The van der Waals surface area contributed by atoms with Gasteiger partial charge < -0.3 is 10.2 Å². The smallest absolute Gasteiger partial charge is 0.243 e. The van der Waals surface area contributed by atoms with Gasteiger partial charge in [0, 0.05) is 25.6 Å². The molecular formula is C30H43N3O4S. The number of anilines is 1. The minimum Gasteiger partial charge on any atom is -0.352 e. The van der Waals surface area contributed by atoms with E-state index in [0.29, 0.717) is 25.1 Å². The average Bonchev–Trinajstić information content (AvgIpc) is 3.37. The first-order valence-corrected chi connectivity index (χ1v) is 15.6. The standard InChI is InChI=1S/C30H43N3O4S/c1-6-28(30(35)31-26-14-9-10-15-26)32(21-25-13-8-7-12-23(25)3)29(34)16-11-19-33(38(5,36)37)27-18-17-22(2)24(4)20-27/h7-8,12-13,17-18,20,26,28H,6,9-11,14-16,19,21H2,1-5H3,(H,31,35)/t28-/m1/s1. The van der Waals surface area contributed by atoms with Crippen LogP contribution < -0.4 is 9.62 Å². The molecular weight excluding hydrogens is 498 g/mol. The van der Waals surface area contributed by atoms with Crippen LogP contribution in [0.2, 0.25) is 0 Å². The van der Waals surface area contributed by atoms with Gasteiger partial charge in [0.2, 0.25) is 21.8 Å². The van der Waals surface area contributed by atoms with Crippen molar-refractivity contribution < 1.29 is 18.0 Å². The summed E-state index contributed by atoms with van der Waals surface area (Å²) in [5.41, 5.74) is 4.76. The van der Waals surface area contributed by atoms with Gasteiger partial charge in [0.05, 0.1) is 11.9 Å². The molecule has 2 amide bonds. The fourth-order valence-electron chi connectivity index (χ4n) is 5.14. The van der Waals surface area contributed by atoms with Crippen LogP contribution in [0.4, 0.5) is 5.69 Å². The molecule has 1 aliphatic carbocycles. The van der Waals surface area contributed by atoms with Gasteiger partial charge in [-0.1, -0.05) is 50.1 Å². The lowest BCUT2D eigenvalue weighted by atomic mass is 10.0. The quantitative estimate of drug-likeness (QED) is 0.409. The van der Waals surface area contributed by atoms with Crippen LogP contribution in [0.5, 0.6) is 0 Å². The van der Waals surface area contributed by atoms with Gasteiger partial charge in [0.25, 0.3) is 0 Å². The van der Waals surface area contributed by atoms with Gasteiger partial charge in [-0.3, -0.25) is 13.9 Å². The van der Waals surface area contributed by atoms with E-state index >= 15 is 0 Å². The molecule has 0 radical (unpaired) electrons. The summed E-state index contributed by atoms with van der Waals surface area (Å²) in [6.45, 7) is 8.41. The maximum Gasteiger partial charge on any atom is 0.243 e. The molecule has 0 aliphatic heterocycles. The molecule has 1 saturated carbocycles. The lowest BCUT2D eigenvalue weighted by Gasteiger charge is -2.32. The fraction of sp³-hybridized carbons (Fsp3) is 0.533. The maximum atomic E-state index is 13.6. The Balaban J connectivity index is 1.77. The van der Waals surface area contributed by atoms with Crippen LogP contribution in [0.1, 0.15) is 74.1 Å². The molecule has 0 saturated heterocycles. The number of nitrogens with zero attached hydrogens (tertiary/aromatic N) is 2. The topological polar surface area (TPSA) is 86.8 Å². The first-order valence-electron chi connectivity index (χ1n) is 13.7. The number of hydrogen-bond donors (Lipinski definition) is 1. The third kappa shape index (κ3) is 7.82. The summed E-state index contributed by atoms with van der Waals surface area (Å²) in [4.78, 5) is 28.6. The zero-order chi connectivity index (χ0) is 27.9. The van der Waals surface area contributed by atoms with E-state index in [1.165, 1.54) is 10.6 Å². The number of sulfonamides is 1. The molecule has 7 nitrogen and oxygen atoms in total. The van der Waals surface area contributed by atoms with Crippen molar-refractivity contribution in [1.82, 2.24) is 10.2 Å². The van der Waals surface area contributed by atoms with Crippen LogP contribution in [0.15, 0.2) is 42.5 Å². The fourth-order valence-corrected chi connectivity index (χ4v) is 6.10. The van der Waals surface area contributed by atoms with E-state index in [-0.39, 0.29) is 30.8 Å². The maximum absolute atomic E-state index is 13.6. The molecule has 2 aromatic carbocycles. The van der Waals surface area contributed by atoms with Crippen LogP contribution >= 0.6 is 0 Å². The van der Waals surface area contributed by atoms with Gasteiger partial charge in [-0.2, -0.15) is 0 Å². The average molecular weight is 542 g/mol. The molecule has 0 spiro atoms. The number of amides is 2. The minimum absolute atomic E-state index is 0.103. The van der Waals surface area contributed by atoms with Crippen molar-refractivity contribution in [2.24, 2.45) is 0 Å². The largest absolute Gasteiger partial charge is 0.352 e. The monoisotopic (exact) mass is 541 g/mol. The summed E-state index contributed by atoms with van der Waals surface area (Å²) in [5, 5.41) is 3.17. The zero-order valence-electron chi connectivity index (χ0n) is 23.5. The van der Waals surface area contributed by atoms with Crippen molar-refractivity contribution in [2.75, 3.05) is 17.1 Å². The first kappa shape index (κ1) is 29.7. The molecule has 2 aromatic rings. The predicted molar refractivity (Wildman–Crippen MR) is 154 cm³/mol. The minimum atomic E-state index is -3.52. The van der Waals surface area contributed by atoms with Crippen LogP contribution in [0.25, 0.3) is 0 Å². The predicted octanol–water partition coefficient (Wildman–Crippen LogP) is 5.02. The zero-order valence-corrected chi connectivity index (χ0v) is 24.3. The highest BCUT2D eigenvalue weighted by atomic mass is 32.2. The van der Waals surface area contributed by atoms with Crippen molar-refractivity contribution in [3.63, 3.8) is 0 Å². The third-order valence-corrected chi connectivity index (χ3v) is 8.81. The van der Waals surface area contributed by atoms with Crippen molar-refractivity contribution in [1.29, 1.82) is 0 Å². The van der Waals surface area contributed by atoms with Crippen LogP contribution in [0, 0.1) is 20.8 Å². The van der Waals surface area contributed by atoms with Gasteiger partial charge in [0.15, 0.2) is 0 Å². The van der Waals surface area contributed by atoms with Crippen molar-refractivity contribution in [3.05, 3.63) is 64.7 Å². The Bertz CT molecular complexity index is 1220. The molecule has 0 aromatic heterocycles. The second kappa shape index (κ2) is 13.3. The molecule has 38 heavy (non-hydrogen) atoms. The number of rotatable bonds is 12. The van der Waals surface area contributed by atoms with E-state index in [1.807, 2.05) is 64.1 Å². The second-order valence-corrected chi connectivity index (χ2v) is 12.5. The van der Waals surface area contributed by atoms with Gasteiger partial charge in [-0.15, -0.1) is 0 Å². The summed E-state index contributed by atoms with van der Waals surface area (Å²) in [5.74, 6) is -0.246. The van der Waals surface area contributed by atoms with E-state index in [4.69, 9.17) is 0 Å². The number of nitrogens with one attached hydrogen (secondary N) is 1. The summed E-state index contributed by atoms with van der Waals surface area (Å²) < 4.78 is 26.6. The Morgan fingerprint density at radius 2 is 1.68 bits per heavy atom. The number of aryl methyl sites for hydroxylation is 3. The lowest BCUT2D eigenvalue weighted by Crippen LogP contribution is -2.51. The normalized spacial score (nSPS) is 14.8. The van der Waals surface area contributed by atoms with E-state index < -0.39 is 16.1 Å². The Morgan fingerprint density at radius 1 is 1.00 bits per heavy atom. The molecule has 8 heteroatoms. The number of benzene rings is 2. The molecule has 3 rings (SSSR count). The van der Waals surface area contributed by atoms with Gasteiger partial charge >= 0.3 is 0 Å². The summed E-state index contributed by atoms with van der Waals surface area (Å²) in [6.07, 6.45) is 6.39. The number of carbonyl (C=O) groups is 2. The van der Waals surface area contributed by atoms with Crippen molar-refractivity contribution in [2.45, 2.75) is 91.3 Å². The molecule has 1 fully saturated rings. The van der Waals surface area contributed by atoms with Gasteiger partial charge in [0.1, 0.15) is 6.04 Å². The van der Waals surface area contributed by atoms with E-state index in [1.54, 1.807) is 11.0 Å². The van der Waals surface area contributed by atoms with Crippen molar-refractivity contribution in [3.8, 4) is 0 Å². The summed E-state index contributed by atoms with van der Waals surface area (Å²) >= 11 is 0. The summed E-state index contributed by atoms with van der Waals surface area (Å²) in [7, 11) is -3.52. The van der Waals surface area contributed by atoms with E-state index in [0.717, 1.165) is 47.9 Å². The van der Waals surface area contributed by atoms with Crippen LogP contribution in [-0.2, 0) is 26.2 Å². The van der Waals surface area contributed by atoms with E-state index in [2.05, 4.69) is 5.32 Å². The third-order valence-electron chi connectivity index (χ3n) is 7.62. The number of carbonyl (C=O) groups excluding carboxylic acids is 2. The SMILES string of the molecule is CC[C@H](C(=O)NC1CCCC1)N(Cc1ccccc1C)C(=O)CCCN(c1ccc(C)c(C)c1)S(C)(=O)=O.